The first-order chi connectivity index (χ1) is 14.2. The molecule has 3 rings (SSSR count). The molecule has 1 heterocycles. The normalized spacial score (nSPS) is 10.8. The summed E-state index contributed by atoms with van der Waals surface area (Å²) < 4.78 is 4.97. The van der Waals surface area contributed by atoms with Gasteiger partial charge in [-0.25, -0.2) is 0 Å². The molecule has 29 heavy (non-hydrogen) atoms. The number of nitrogens with one attached hydrogen (secondary N) is 1. The number of benzene rings is 2. The third kappa shape index (κ3) is 6.31. The maximum Gasteiger partial charge on any atom is 0.256 e. The predicted molar refractivity (Wildman–Crippen MR) is 118 cm³/mol. The third-order valence-electron chi connectivity index (χ3n) is 5.12. The van der Waals surface area contributed by atoms with Gasteiger partial charge in [0, 0.05) is 11.6 Å². The minimum Gasteiger partial charge on any atom is -0.360 e. The molecular formula is C25H30N2O2. The summed E-state index contributed by atoms with van der Waals surface area (Å²) in [6, 6.07) is 18.1. The molecule has 0 fully saturated rings. The number of anilines is 1. The van der Waals surface area contributed by atoms with Crippen molar-refractivity contribution in [3.8, 4) is 11.1 Å². The van der Waals surface area contributed by atoms with Crippen LogP contribution in [0.2, 0.25) is 0 Å². The lowest BCUT2D eigenvalue weighted by atomic mass is 10.00. The molecule has 2 aromatic carbocycles. The quantitative estimate of drug-likeness (QED) is 0.387. The van der Waals surface area contributed by atoms with Crippen molar-refractivity contribution < 1.29 is 9.32 Å². The number of aryl methyl sites for hydroxylation is 2. The lowest BCUT2D eigenvalue weighted by Crippen LogP contribution is -2.11. The zero-order chi connectivity index (χ0) is 20.5. The molecule has 0 radical (unpaired) electrons. The minimum absolute atomic E-state index is 0.195. The minimum atomic E-state index is -0.195. The first-order valence-electron chi connectivity index (χ1n) is 10.6. The second-order valence-corrected chi connectivity index (χ2v) is 7.57. The van der Waals surface area contributed by atoms with Gasteiger partial charge in [0.1, 0.15) is 5.76 Å². The highest BCUT2D eigenvalue weighted by Gasteiger charge is 2.09. The van der Waals surface area contributed by atoms with Crippen molar-refractivity contribution in [1.82, 2.24) is 5.16 Å². The fourth-order valence-corrected chi connectivity index (χ4v) is 3.40. The van der Waals surface area contributed by atoms with Gasteiger partial charge in [-0.1, -0.05) is 80.6 Å². The Morgan fingerprint density at radius 2 is 1.52 bits per heavy atom. The Balaban J connectivity index is 1.52. The van der Waals surface area contributed by atoms with Gasteiger partial charge in [-0.05, 0) is 48.6 Å². The molecule has 4 nitrogen and oxygen atoms in total. The molecule has 3 aromatic rings. The molecule has 0 aliphatic rings. The van der Waals surface area contributed by atoms with E-state index in [4.69, 9.17) is 4.52 Å². The van der Waals surface area contributed by atoms with Crippen LogP contribution < -0.4 is 5.32 Å². The van der Waals surface area contributed by atoms with E-state index >= 15 is 0 Å². The van der Waals surface area contributed by atoms with Crippen LogP contribution in [0.1, 0.15) is 67.1 Å². The molecule has 0 aliphatic heterocycles. The summed E-state index contributed by atoms with van der Waals surface area (Å²) >= 11 is 0. The van der Waals surface area contributed by atoms with Crippen molar-refractivity contribution in [2.24, 2.45) is 0 Å². The van der Waals surface area contributed by atoms with Crippen LogP contribution in [0, 0.1) is 6.92 Å². The monoisotopic (exact) mass is 390 g/mol. The SMILES string of the molecule is CCCCCCCCc1ccc(-c2ccc(C(=O)Nc3cc(C)on3)cc2)cc1. The third-order valence-corrected chi connectivity index (χ3v) is 5.12. The largest absolute Gasteiger partial charge is 0.360 e. The first-order valence-corrected chi connectivity index (χ1v) is 10.6. The van der Waals surface area contributed by atoms with Crippen LogP contribution in [0.5, 0.6) is 0 Å². The Labute approximate surface area is 173 Å². The van der Waals surface area contributed by atoms with Crippen LogP contribution in [0.15, 0.2) is 59.1 Å². The van der Waals surface area contributed by atoms with Crippen LogP contribution >= 0.6 is 0 Å². The van der Waals surface area contributed by atoms with Crippen molar-refractivity contribution in [3.05, 3.63) is 71.5 Å². The van der Waals surface area contributed by atoms with Crippen LogP contribution in [0.25, 0.3) is 11.1 Å². The van der Waals surface area contributed by atoms with E-state index in [0.29, 0.717) is 17.1 Å². The summed E-state index contributed by atoms with van der Waals surface area (Å²) in [5.74, 6) is 0.896. The zero-order valence-electron chi connectivity index (χ0n) is 17.4. The van der Waals surface area contributed by atoms with Gasteiger partial charge < -0.3 is 9.84 Å². The van der Waals surface area contributed by atoms with E-state index in [9.17, 15) is 4.79 Å². The zero-order valence-corrected chi connectivity index (χ0v) is 17.4. The van der Waals surface area contributed by atoms with E-state index in [1.807, 2.05) is 24.3 Å². The van der Waals surface area contributed by atoms with E-state index in [1.165, 1.54) is 44.1 Å². The topological polar surface area (TPSA) is 55.1 Å². The molecule has 0 unspecified atom stereocenters. The van der Waals surface area contributed by atoms with Crippen molar-refractivity contribution in [2.45, 2.75) is 58.8 Å². The number of carbonyl (C=O) groups excluding carboxylic acids is 1. The number of hydrogen-bond donors (Lipinski definition) is 1. The van der Waals surface area contributed by atoms with Gasteiger partial charge >= 0.3 is 0 Å². The maximum atomic E-state index is 12.3. The van der Waals surface area contributed by atoms with Crippen LogP contribution in [-0.2, 0) is 6.42 Å². The van der Waals surface area contributed by atoms with Crippen molar-refractivity contribution in [2.75, 3.05) is 5.32 Å². The molecule has 1 aromatic heterocycles. The van der Waals surface area contributed by atoms with Crippen molar-refractivity contribution >= 4 is 11.7 Å². The molecule has 0 bridgehead atoms. The van der Waals surface area contributed by atoms with E-state index in [-0.39, 0.29) is 5.91 Å². The number of aromatic nitrogens is 1. The Hall–Kier alpha value is -2.88. The van der Waals surface area contributed by atoms with Gasteiger partial charge in [-0.3, -0.25) is 4.79 Å². The average Bonchev–Trinajstić information content (AvgIpc) is 3.15. The summed E-state index contributed by atoms with van der Waals surface area (Å²) in [5, 5.41) is 6.52. The summed E-state index contributed by atoms with van der Waals surface area (Å²) in [4.78, 5) is 12.3. The van der Waals surface area contributed by atoms with Crippen LogP contribution in [0.3, 0.4) is 0 Å². The number of rotatable bonds is 10. The van der Waals surface area contributed by atoms with Crippen molar-refractivity contribution in [1.29, 1.82) is 0 Å². The first kappa shape index (κ1) is 20.8. The lowest BCUT2D eigenvalue weighted by Gasteiger charge is -2.07. The van der Waals surface area contributed by atoms with Gasteiger partial charge in [0.15, 0.2) is 5.82 Å². The molecule has 4 heteroatoms. The molecule has 152 valence electrons. The van der Waals surface area contributed by atoms with Gasteiger partial charge in [-0.15, -0.1) is 0 Å². The highest BCUT2D eigenvalue weighted by molar-refractivity contribution is 6.04. The maximum absolute atomic E-state index is 12.3. The Morgan fingerprint density at radius 1 is 0.897 bits per heavy atom. The molecule has 0 saturated carbocycles. The molecule has 1 N–H and O–H groups in total. The predicted octanol–water partition coefficient (Wildman–Crippen LogP) is 6.81. The van der Waals surface area contributed by atoms with Gasteiger partial charge in [-0.2, -0.15) is 0 Å². The Kier molecular flexibility index (Phi) is 7.62. The Morgan fingerprint density at radius 3 is 2.14 bits per heavy atom. The van der Waals surface area contributed by atoms with Gasteiger partial charge in [0.25, 0.3) is 5.91 Å². The van der Waals surface area contributed by atoms with Crippen molar-refractivity contribution in [3.63, 3.8) is 0 Å². The molecule has 0 spiro atoms. The summed E-state index contributed by atoms with van der Waals surface area (Å²) in [6.45, 7) is 4.04. The highest BCUT2D eigenvalue weighted by atomic mass is 16.5. The van der Waals surface area contributed by atoms with E-state index in [2.05, 4.69) is 41.7 Å². The summed E-state index contributed by atoms with van der Waals surface area (Å²) in [7, 11) is 0. The van der Waals surface area contributed by atoms with Crippen LogP contribution in [-0.4, -0.2) is 11.1 Å². The van der Waals surface area contributed by atoms with Gasteiger partial charge in [0.2, 0.25) is 0 Å². The molecule has 0 saturated heterocycles. The average molecular weight is 391 g/mol. The lowest BCUT2D eigenvalue weighted by molar-refractivity contribution is 0.102. The number of unbranched alkanes of at least 4 members (excludes halogenated alkanes) is 5. The molecule has 0 atom stereocenters. The van der Waals surface area contributed by atoms with E-state index in [0.717, 1.165) is 17.5 Å². The Bertz CT molecular complexity index is 895. The fourth-order valence-electron chi connectivity index (χ4n) is 3.40. The number of carbonyl (C=O) groups is 1. The summed E-state index contributed by atoms with van der Waals surface area (Å²) in [5.41, 5.74) is 4.25. The molecule has 1 amide bonds. The van der Waals surface area contributed by atoms with E-state index < -0.39 is 0 Å². The molecular weight excluding hydrogens is 360 g/mol. The second-order valence-electron chi connectivity index (χ2n) is 7.57. The smallest absolute Gasteiger partial charge is 0.256 e. The standard InChI is InChI=1S/C25H30N2O2/c1-3-4-5-6-7-8-9-20-10-12-21(13-11-20)22-14-16-23(17-15-22)25(28)26-24-18-19(2)29-27-24/h10-18H,3-9H2,1-2H3,(H,26,27,28). The second kappa shape index (κ2) is 10.6. The fraction of sp³-hybridized carbons (Fsp3) is 0.360. The van der Waals surface area contributed by atoms with Crippen LogP contribution in [0.4, 0.5) is 5.82 Å². The molecule has 0 aliphatic carbocycles. The number of amides is 1. The number of hydrogen-bond acceptors (Lipinski definition) is 3. The van der Waals surface area contributed by atoms with Gasteiger partial charge in [0.05, 0.1) is 0 Å². The number of nitrogens with zero attached hydrogens (tertiary/aromatic N) is 1. The highest BCUT2D eigenvalue weighted by Crippen LogP contribution is 2.22. The van der Waals surface area contributed by atoms with E-state index in [1.54, 1.807) is 13.0 Å². The summed E-state index contributed by atoms with van der Waals surface area (Å²) in [6.07, 6.45) is 9.09.